The van der Waals surface area contributed by atoms with Crippen molar-refractivity contribution in [1.29, 1.82) is 0 Å². The topological polar surface area (TPSA) is 71.3 Å². The molecule has 2 bridgehead atoms. The minimum absolute atomic E-state index is 0.0289. The molecule has 1 heterocycles. The minimum Gasteiger partial charge on any atom is -0.455 e. The Morgan fingerprint density at radius 1 is 1.00 bits per heavy atom. The number of aryl methyl sites for hydroxylation is 1. The van der Waals surface area contributed by atoms with Crippen LogP contribution >= 0.6 is 0 Å². The first-order valence-corrected chi connectivity index (χ1v) is 13.0. The number of halogens is 2. The van der Waals surface area contributed by atoms with Crippen LogP contribution in [0, 0.1) is 11.7 Å². The van der Waals surface area contributed by atoms with E-state index in [1.54, 1.807) is 25.2 Å². The third kappa shape index (κ3) is 4.16. The lowest BCUT2D eigenvalue weighted by molar-refractivity contribution is -0.0438. The predicted octanol–water partition coefficient (Wildman–Crippen LogP) is 6.45. The van der Waals surface area contributed by atoms with Crippen LogP contribution < -0.4 is 10.6 Å². The number of hydrogen-bond donors (Lipinski definition) is 2. The van der Waals surface area contributed by atoms with E-state index in [0.29, 0.717) is 46.3 Å². The SMILES string of the molecule is CNC(=O)c1c(-c2ccc(F)cc2)oc2cc(CCCF)c(-c3cccc(C(=O)NC45CC(C4)C5)c3)cc12. The normalized spacial score (nSPS) is 19.5. The van der Waals surface area contributed by atoms with Gasteiger partial charge in [-0.1, -0.05) is 12.1 Å². The fraction of sp³-hybridized carbons (Fsp3) is 0.290. The average Bonchev–Trinajstić information content (AvgIpc) is 3.26. The number of amides is 2. The summed E-state index contributed by atoms with van der Waals surface area (Å²) >= 11 is 0. The van der Waals surface area contributed by atoms with E-state index in [1.807, 2.05) is 30.3 Å². The predicted molar refractivity (Wildman–Crippen MR) is 142 cm³/mol. The fourth-order valence-electron chi connectivity index (χ4n) is 5.85. The van der Waals surface area contributed by atoms with Gasteiger partial charge in [0.2, 0.25) is 0 Å². The Balaban J connectivity index is 1.46. The molecule has 3 fully saturated rings. The van der Waals surface area contributed by atoms with E-state index in [0.717, 1.165) is 41.9 Å². The Hall–Kier alpha value is -4.00. The summed E-state index contributed by atoms with van der Waals surface area (Å²) in [6.07, 6.45) is 3.96. The van der Waals surface area contributed by atoms with Crippen molar-refractivity contribution in [3.05, 3.63) is 83.2 Å². The van der Waals surface area contributed by atoms with Gasteiger partial charge >= 0.3 is 0 Å². The molecule has 4 aromatic rings. The van der Waals surface area contributed by atoms with Gasteiger partial charge in [0.05, 0.1) is 12.2 Å². The van der Waals surface area contributed by atoms with Gasteiger partial charge in [0.1, 0.15) is 17.2 Å². The van der Waals surface area contributed by atoms with Crippen molar-refractivity contribution in [2.45, 2.75) is 37.6 Å². The minimum atomic E-state index is -0.467. The first-order chi connectivity index (χ1) is 18.4. The first kappa shape index (κ1) is 24.3. The maximum Gasteiger partial charge on any atom is 0.255 e. The van der Waals surface area contributed by atoms with E-state index in [-0.39, 0.29) is 23.2 Å². The molecule has 7 rings (SSSR count). The smallest absolute Gasteiger partial charge is 0.255 e. The van der Waals surface area contributed by atoms with Crippen LogP contribution in [0.2, 0.25) is 0 Å². The second kappa shape index (κ2) is 9.39. The van der Waals surface area contributed by atoms with Crippen LogP contribution in [0.4, 0.5) is 8.78 Å². The molecular formula is C31H28F2N2O3. The Morgan fingerprint density at radius 3 is 2.42 bits per heavy atom. The van der Waals surface area contributed by atoms with Crippen LogP contribution in [0.25, 0.3) is 33.4 Å². The quantitative estimate of drug-likeness (QED) is 0.284. The zero-order valence-electron chi connectivity index (χ0n) is 21.1. The molecule has 0 spiro atoms. The molecule has 38 heavy (non-hydrogen) atoms. The molecule has 0 saturated heterocycles. The molecule has 1 aromatic heterocycles. The summed E-state index contributed by atoms with van der Waals surface area (Å²) in [6, 6.07) is 16.9. The van der Waals surface area contributed by atoms with Crippen molar-refractivity contribution in [1.82, 2.24) is 10.6 Å². The lowest BCUT2D eigenvalue weighted by Crippen LogP contribution is -2.68. The van der Waals surface area contributed by atoms with Crippen molar-refractivity contribution in [3.63, 3.8) is 0 Å². The maximum absolute atomic E-state index is 13.6. The monoisotopic (exact) mass is 514 g/mol. The first-order valence-electron chi connectivity index (χ1n) is 13.0. The highest BCUT2D eigenvalue weighted by molar-refractivity contribution is 6.12. The van der Waals surface area contributed by atoms with Gasteiger partial charge in [-0.15, -0.1) is 0 Å². The summed E-state index contributed by atoms with van der Waals surface area (Å²) in [7, 11) is 1.54. The fourth-order valence-corrected chi connectivity index (χ4v) is 5.85. The molecule has 0 aliphatic heterocycles. The molecule has 194 valence electrons. The Morgan fingerprint density at radius 2 is 1.76 bits per heavy atom. The van der Waals surface area contributed by atoms with E-state index < -0.39 is 6.67 Å². The number of carbonyl (C=O) groups is 2. The standard InChI is InChI=1S/C31H28F2N2O3/c1-34-30(37)27-25-14-24(20-4-2-5-22(12-20)29(36)35-31-15-18(16-31)17-31)21(6-3-11-32)13-26(25)38-28(27)19-7-9-23(33)10-8-19/h2,4-5,7-10,12-14,18H,3,6,11,15-17H2,1H3,(H,34,37)(H,35,36). The van der Waals surface area contributed by atoms with Gasteiger partial charge in [0.15, 0.2) is 0 Å². The summed E-state index contributed by atoms with van der Waals surface area (Å²) in [5.74, 6) is 0.275. The number of rotatable bonds is 8. The van der Waals surface area contributed by atoms with E-state index >= 15 is 0 Å². The number of fused-ring (bicyclic) bond motifs is 1. The highest BCUT2D eigenvalue weighted by Gasteiger charge is 2.57. The number of hydrogen-bond acceptors (Lipinski definition) is 3. The van der Waals surface area contributed by atoms with Crippen LogP contribution in [0.15, 0.2) is 65.1 Å². The number of carbonyl (C=O) groups excluding carboxylic acids is 2. The molecule has 5 nitrogen and oxygen atoms in total. The van der Waals surface area contributed by atoms with Gasteiger partial charge in [-0.3, -0.25) is 14.0 Å². The summed E-state index contributed by atoms with van der Waals surface area (Å²) in [5, 5.41) is 6.47. The van der Waals surface area contributed by atoms with Crippen molar-refractivity contribution >= 4 is 22.8 Å². The summed E-state index contributed by atoms with van der Waals surface area (Å²) < 4.78 is 33.0. The lowest BCUT2D eigenvalue weighted by atomic mass is 9.50. The van der Waals surface area contributed by atoms with Gasteiger partial charge in [0, 0.05) is 29.1 Å². The van der Waals surface area contributed by atoms with Gasteiger partial charge in [0.25, 0.3) is 11.8 Å². The van der Waals surface area contributed by atoms with E-state index in [9.17, 15) is 18.4 Å². The molecule has 2 amide bonds. The highest BCUT2D eigenvalue weighted by atomic mass is 19.1. The van der Waals surface area contributed by atoms with Crippen LogP contribution in [-0.2, 0) is 6.42 Å². The molecule has 0 unspecified atom stereocenters. The van der Waals surface area contributed by atoms with Crippen LogP contribution in [0.5, 0.6) is 0 Å². The largest absolute Gasteiger partial charge is 0.455 e. The second-order valence-electron chi connectivity index (χ2n) is 10.5. The van der Waals surface area contributed by atoms with Crippen LogP contribution in [0.3, 0.4) is 0 Å². The van der Waals surface area contributed by atoms with E-state index in [2.05, 4.69) is 10.6 Å². The highest BCUT2D eigenvalue weighted by Crippen LogP contribution is 2.57. The molecule has 3 aromatic carbocycles. The van der Waals surface area contributed by atoms with E-state index in [4.69, 9.17) is 4.42 Å². The summed E-state index contributed by atoms with van der Waals surface area (Å²) in [6.45, 7) is -0.467. The number of benzene rings is 3. The van der Waals surface area contributed by atoms with Crippen molar-refractivity contribution in [2.75, 3.05) is 13.7 Å². The molecule has 7 heteroatoms. The zero-order chi connectivity index (χ0) is 26.4. The van der Waals surface area contributed by atoms with Crippen LogP contribution in [0.1, 0.15) is 52.0 Å². The third-order valence-corrected chi connectivity index (χ3v) is 7.91. The Kier molecular flexibility index (Phi) is 6.01. The molecule has 3 saturated carbocycles. The van der Waals surface area contributed by atoms with Crippen molar-refractivity contribution in [2.24, 2.45) is 5.92 Å². The maximum atomic E-state index is 13.6. The Labute approximate surface area is 219 Å². The van der Waals surface area contributed by atoms with Gasteiger partial charge in [-0.05, 0) is 103 Å². The lowest BCUT2D eigenvalue weighted by Gasteiger charge is -2.61. The molecule has 3 aliphatic rings. The van der Waals surface area contributed by atoms with Gasteiger partial charge in [-0.2, -0.15) is 0 Å². The number of alkyl halides is 1. The van der Waals surface area contributed by atoms with Crippen LogP contribution in [-0.4, -0.2) is 31.1 Å². The van der Waals surface area contributed by atoms with Crippen molar-refractivity contribution < 1.29 is 22.8 Å². The van der Waals surface area contributed by atoms with Gasteiger partial charge in [-0.25, -0.2) is 4.39 Å². The average molecular weight is 515 g/mol. The summed E-state index contributed by atoms with van der Waals surface area (Å²) in [4.78, 5) is 26.1. The number of furan rings is 1. The Bertz CT molecular complexity index is 1540. The molecule has 0 atom stereocenters. The zero-order valence-corrected chi connectivity index (χ0v) is 21.1. The third-order valence-electron chi connectivity index (χ3n) is 7.91. The van der Waals surface area contributed by atoms with E-state index in [1.165, 1.54) is 12.1 Å². The molecule has 3 aliphatic carbocycles. The number of nitrogens with one attached hydrogen (secondary N) is 2. The summed E-state index contributed by atoms with van der Waals surface area (Å²) in [5.41, 5.74) is 4.40. The molecular weight excluding hydrogens is 486 g/mol. The molecule has 2 N–H and O–H groups in total. The van der Waals surface area contributed by atoms with Crippen molar-refractivity contribution in [3.8, 4) is 22.5 Å². The molecule has 0 radical (unpaired) electrons. The second-order valence-corrected chi connectivity index (χ2v) is 10.5. The van der Waals surface area contributed by atoms with Gasteiger partial charge < -0.3 is 15.1 Å².